The molecule has 0 aliphatic carbocycles. The van der Waals surface area contributed by atoms with Crippen molar-refractivity contribution in [1.29, 1.82) is 0 Å². The fourth-order valence-corrected chi connectivity index (χ4v) is 0.489. The zero-order valence-electron chi connectivity index (χ0n) is 5.32. The summed E-state index contributed by atoms with van der Waals surface area (Å²) >= 11 is 0. The Hall–Kier alpha value is -0.614. The fraction of sp³-hybridized carbons (Fsp3) is 0. The number of aromatic carboxylic acids is 1. The van der Waals surface area contributed by atoms with Crippen LogP contribution in [-0.2, 0) is 0 Å². The average Bonchev–Trinajstić information content (AvgIpc) is 1.90. The summed E-state index contributed by atoms with van der Waals surface area (Å²) in [4.78, 5) is 13.7. The van der Waals surface area contributed by atoms with Crippen LogP contribution >= 0.6 is 0 Å². The first-order valence-electron chi connectivity index (χ1n) is 2.45. The van der Waals surface area contributed by atoms with E-state index in [0.717, 1.165) is 0 Å². The van der Waals surface area contributed by atoms with Crippen LogP contribution in [0.2, 0.25) is 0 Å². The van der Waals surface area contributed by atoms with Gasteiger partial charge < -0.3 is 5.11 Å². The smallest absolute Gasteiger partial charge is 0.477 e. The van der Waals surface area contributed by atoms with Crippen molar-refractivity contribution in [3.8, 4) is 0 Å². The Kier molecular flexibility index (Phi) is 3.98. The van der Waals surface area contributed by atoms with Gasteiger partial charge in [0.15, 0.2) is 0 Å². The standard InChI is InChI=1S/C6H5NO2.Mg/c8-6(9)5-3-1-2-4-7-5;/h1-4H,(H,8,9);/q;+2. The summed E-state index contributed by atoms with van der Waals surface area (Å²) in [5, 5.41) is 8.32. The predicted octanol–water partition coefficient (Wildman–Crippen LogP) is 0.399. The molecule has 10 heavy (non-hydrogen) atoms. The Labute approximate surface area is 74.2 Å². The van der Waals surface area contributed by atoms with Crippen LogP contribution in [0.4, 0.5) is 0 Å². The molecule has 0 atom stereocenters. The van der Waals surface area contributed by atoms with Crippen LogP contribution in [0.25, 0.3) is 0 Å². The van der Waals surface area contributed by atoms with Gasteiger partial charge in [0.05, 0.1) is 0 Å². The van der Waals surface area contributed by atoms with E-state index in [-0.39, 0.29) is 28.7 Å². The van der Waals surface area contributed by atoms with E-state index in [2.05, 4.69) is 4.98 Å². The van der Waals surface area contributed by atoms with Crippen molar-refractivity contribution in [2.75, 3.05) is 0 Å². The van der Waals surface area contributed by atoms with Crippen molar-refractivity contribution in [3.05, 3.63) is 30.1 Å². The molecule has 0 radical (unpaired) electrons. The molecule has 0 spiro atoms. The number of hydrogen-bond acceptors (Lipinski definition) is 2. The van der Waals surface area contributed by atoms with Crippen LogP contribution in [0.1, 0.15) is 10.5 Å². The van der Waals surface area contributed by atoms with Crippen LogP contribution in [-0.4, -0.2) is 39.1 Å². The Morgan fingerprint density at radius 1 is 1.50 bits per heavy atom. The van der Waals surface area contributed by atoms with E-state index in [1.165, 1.54) is 12.3 Å². The van der Waals surface area contributed by atoms with E-state index in [9.17, 15) is 4.79 Å². The molecule has 0 fully saturated rings. The molecule has 1 rings (SSSR count). The Bertz CT molecular complexity index is 212. The van der Waals surface area contributed by atoms with E-state index in [4.69, 9.17) is 5.11 Å². The second-order valence-electron chi connectivity index (χ2n) is 1.52. The van der Waals surface area contributed by atoms with Crippen molar-refractivity contribution in [2.24, 2.45) is 0 Å². The molecular weight excluding hydrogens is 142 g/mol. The molecule has 0 bridgehead atoms. The van der Waals surface area contributed by atoms with Gasteiger partial charge in [0, 0.05) is 6.20 Å². The van der Waals surface area contributed by atoms with Gasteiger partial charge in [0.2, 0.25) is 0 Å². The summed E-state index contributed by atoms with van der Waals surface area (Å²) in [7, 11) is 0. The van der Waals surface area contributed by atoms with E-state index >= 15 is 0 Å². The Balaban J connectivity index is 0.000000810. The Morgan fingerprint density at radius 3 is 2.50 bits per heavy atom. The molecule has 3 nitrogen and oxygen atoms in total. The summed E-state index contributed by atoms with van der Waals surface area (Å²) in [6.07, 6.45) is 1.45. The minimum atomic E-state index is -0.990. The maximum absolute atomic E-state index is 10.1. The zero-order chi connectivity index (χ0) is 6.69. The maximum Gasteiger partial charge on any atom is 2.00 e. The average molecular weight is 147 g/mol. The van der Waals surface area contributed by atoms with E-state index in [0.29, 0.717) is 0 Å². The topological polar surface area (TPSA) is 50.2 Å². The number of nitrogens with zero attached hydrogens (tertiary/aromatic N) is 1. The number of hydrogen-bond donors (Lipinski definition) is 1. The molecule has 0 unspecified atom stereocenters. The molecule has 0 aliphatic heterocycles. The molecule has 4 heteroatoms. The van der Waals surface area contributed by atoms with Gasteiger partial charge in [-0.2, -0.15) is 0 Å². The zero-order valence-corrected chi connectivity index (χ0v) is 6.73. The number of aromatic nitrogens is 1. The maximum atomic E-state index is 10.1. The van der Waals surface area contributed by atoms with Gasteiger partial charge in [-0.15, -0.1) is 0 Å². The van der Waals surface area contributed by atoms with Crippen molar-refractivity contribution < 1.29 is 9.90 Å². The number of carbonyl (C=O) groups is 1. The monoisotopic (exact) mass is 147 g/mol. The first kappa shape index (κ1) is 9.39. The van der Waals surface area contributed by atoms with Crippen molar-refractivity contribution >= 4 is 29.0 Å². The summed E-state index contributed by atoms with van der Waals surface area (Å²) in [6.45, 7) is 0. The fourth-order valence-electron chi connectivity index (χ4n) is 0.489. The molecule has 0 amide bonds. The Morgan fingerprint density at radius 2 is 2.20 bits per heavy atom. The van der Waals surface area contributed by atoms with Gasteiger partial charge in [-0.25, -0.2) is 9.78 Å². The SMILES string of the molecule is O=C(O)c1ccccn1.[Mg+2]. The molecule has 0 saturated heterocycles. The van der Waals surface area contributed by atoms with E-state index < -0.39 is 5.97 Å². The molecule has 1 N–H and O–H groups in total. The third-order valence-electron chi connectivity index (χ3n) is 0.884. The molecule has 1 heterocycles. The second-order valence-corrected chi connectivity index (χ2v) is 1.52. The number of carboxylic acids is 1. The summed E-state index contributed by atoms with van der Waals surface area (Å²) in [5.74, 6) is -0.990. The summed E-state index contributed by atoms with van der Waals surface area (Å²) in [6, 6.07) is 4.76. The van der Waals surface area contributed by atoms with Crippen LogP contribution in [0.3, 0.4) is 0 Å². The van der Waals surface area contributed by atoms with Crippen LogP contribution in [0.5, 0.6) is 0 Å². The molecule has 1 aromatic rings. The van der Waals surface area contributed by atoms with Crippen LogP contribution in [0, 0.1) is 0 Å². The van der Waals surface area contributed by atoms with Gasteiger partial charge >= 0.3 is 29.0 Å². The molecule has 0 aliphatic rings. The van der Waals surface area contributed by atoms with Crippen molar-refractivity contribution in [3.63, 3.8) is 0 Å². The predicted molar refractivity (Wildman–Crippen MR) is 37.0 cm³/mol. The minimum Gasteiger partial charge on any atom is -0.477 e. The second kappa shape index (κ2) is 4.24. The van der Waals surface area contributed by atoms with Gasteiger partial charge in [-0.05, 0) is 12.1 Å². The third kappa shape index (κ3) is 2.32. The number of carboxylic acid groups (broad SMARTS) is 1. The molecule has 1 aromatic heterocycles. The van der Waals surface area contributed by atoms with Crippen molar-refractivity contribution in [2.45, 2.75) is 0 Å². The normalized spacial score (nSPS) is 8.00. The minimum absolute atomic E-state index is 0. The quantitative estimate of drug-likeness (QED) is 0.585. The molecule has 46 valence electrons. The van der Waals surface area contributed by atoms with Gasteiger partial charge in [-0.1, -0.05) is 6.07 Å². The summed E-state index contributed by atoms with van der Waals surface area (Å²) < 4.78 is 0. The van der Waals surface area contributed by atoms with Gasteiger partial charge in [-0.3, -0.25) is 0 Å². The van der Waals surface area contributed by atoms with Crippen molar-refractivity contribution in [1.82, 2.24) is 4.98 Å². The molecule has 0 saturated carbocycles. The van der Waals surface area contributed by atoms with Gasteiger partial charge in [0.1, 0.15) is 5.69 Å². The van der Waals surface area contributed by atoms with Crippen LogP contribution in [0.15, 0.2) is 24.4 Å². The van der Waals surface area contributed by atoms with Gasteiger partial charge in [0.25, 0.3) is 0 Å². The number of pyridine rings is 1. The third-order valence-corrected chi connectivity index (χ3v) is 0.884. The molecular formula is C6H5MgNO2+2. The van der Waals surface area contributed by atoms with E-state index in [1.54, 1.807) is 12.1 Å². The van der Waals surface area contributed by atoms with Crippen LogP contribution < -0.4 is 0 Å². The number of rotatable bonds is 1. The summed E-state index contributed by atoms with van der Waals surface area (Å²) in [5.41, 5.74) is 0.0810. The molecule has 0 aromatic carbocycles. The first-order valence-corrected chi connectivity index (χ1v) is 2.45. The largest absolute Gasteiger partial charge is 2.00 e. The van der Waals surface area contributed by atoms with E-state index in [1.807, 2.05) is 0 Å². The first-order chi connectivity index (χ1) is 4.30.